The number of amides is 3. The molecular formula is C25H21N5O5S2. The molecule has 0 saturated heterocycles. The molecule has 0 atom stereocenters. The number of nitrogens with zero attached hydrogens (tertiary/aromatic N) is 3. The highest BCUT2D eigenvalue weighted by atomic mass is 32.2. The SMILES string of the molecule is CC(=O)N1CCc2c(sc(NC(=O)CSc3cccc(NC(=O)c4ccc([N+](=O)[O-])cc4)c3)c2C#N)C1. The molecule has 0 bridgehead atoms. The third-order valence-corrected chi connectivity index (χ3v) is 7.80. The molecule has 1 aliphatic heterocycles. The summed E-state index contributed by atoms with van der Waals surface area (Å²) in [7, 11) is 0. The molecule has 2 N–H and O–H groups in total. The number of carbonyl (C=O) groups is 3. The van der Waals surface area contributed by atoms with E-state index in [0.717, 1.165) is 15.3 Å². The van der Waals surface area contributed by atoms with Crippen molar-refractivity contribution in [1.82, 2.24) is 4.90 Å². The van der Waals surface area contributed by atoms with Crippen molar-refractivity contribution in [2.75, 3.05) is 22.9 Å². The van der Waals surface area contributed by atoms with Crippen LogP contribution < -0.4 is 10.6 Å². The second-order valence-corrected chi connectivity index (χ2v) is 10.3. The fourth-order valence-electron chi connectivity index (χ4n) is 3.79. The fourth-order valence-corrected chi connectivity index (χ4v) is 5.78. The molecule has 188 valence electrons. The number of carbonyl (C=O) groups excluding carboxylic acids is 3. The molecule has 1 aliphatic rings. The minimum absolute atomic E-state index is 0.0225. The normalized spacial score (nSPS) is 12.3. The summed E-state index contributed by atoms with van der Waals surface area (Å²) in [4.78, 5) is 50.5. The van der Waals surface area contributed by atoms with Crippen molar-refractivity contribution in [3.8, 4) is 6.07 Å². The molecule has 0 radical (unpaired) electrons. The van der Waals surface area contributed by atoms with Crippen molar-refractivity contribution < 1.29 is 19.3 Å². The number of hydrogen-bond donors (Lipinski definition) is 2. The van der Waals surface area contributed by atoms with Crippen LogP contribution in [0.3, 0.4) is 0 Å². The second kappa shape index (κ2) is 11.2. The van der Waals surface area contributed by atoms with Crippen LogP contribution in [0.15, 0.2) is 53.4 Å². The van der Waals surface area contributed by atoms with Gasteiger partial charge in [-0.2, -0.15) is 5.26 Å². The topological polar surface area (TPSA) is 145 Å². The molecule has 2 heterocycles. The van der Waals surface area contributed by atoms with Crippen LogP contribution in [0.4, 0.5) is 16.4 Å². The monoisotopic (exact) mass is 535 g/mol. The van der Waals surface area contributed by atoms with Crippen LogP contribution in [0.2, 0.25) is 0 Å². The lowest BCUT2D eigenvalue weighted by Gasteiger charge is -2.25. The number of nitrogens with one attached hydrogen (secondary N) is 2. The summed E-state index contributed by atoms with van der Waals surface area (Å²) in [5.41, 5.74) is 2.04. The van der Waals surface area contributed by atoms with E-state index in [1.807, 2.05) is 0 Å². The summed E-state index contributed by atoms with van der Waals surface area (Å²) < 4.78 is 0. The molecule has 2 aromatic carbocycles. The van der Waals surface area contributed by atoms with E-state index in [2.05, 4.69) is 16.7 Å². The van der Waals surface area contributed by atoms with Crippen molar-refractivity contribution in [1.29, 1.82) is 5.26 Å². The highest BCUT2D eigenvalue weighted by Crippen LogP contribution is 2.37. The molecule has 0 aliphatic carbocycles. The molecule has 12 heteroatoms. The Kier molecular flexibility index (Phi) is 7.86. The summed E-state index contributed by atoms with van der Waals surface area (Å²) in [6.45, 7) is 2.50. The van der Waals surface area contributed by atoms with Crippen LogP contribution >= 0.6 is 23.1 Å². The number of nitro benzene ring substituents is 1. The van der Waals surface area contributed by atoms with Crippen molar-refractivity contribution in [2.45, 2.75) is 24.8 Å². The van der Waals surface area contributed by atoms with Gasteiger partial charge in [0.25, 0.3) is 11.6 Å². The van der Waals surface area contributed by atoms with Crippen molar-refractivity contribution in [3.63, 3.8) is 0 Å². The lowest BCUT2D eigenvalue weighted by Crippen LogP contribution is -2.33. The minimum atomic E-state index is -0.533. The average Bonchev–Trinajstić information content (AvgIpc) is 3.23. The molecule has 0 unspecified atom stereocenters. The Hall–Kier alpha value is -4.21. The molecule has 4 rings (SSSR count). The smallest absolute Gasteiger partial charge is 0.269 e. The third kappa shape index (κ3) is 6.14. The Morgan fingerprint density at radius 1 is 1.19 bits per heavy atom. The number of non-ortho nitro benzene ring substituents is 1. The molecule has 0 fully saturated rings. The van der Waals surface area contributed by atoms with Crippen LogP contribution in [0.25, 0.3) is 0 Å². The van der Waals surface area contributed by atoms with Gasteiger partial charge in [0.05, 0.1) is 22.8 Å². The third-order valence-electron chi connectivity index (χ3n) is 5.67. The molecule has 37 heavy (non-hydrogen) atoms. The van der Waals surface area contributed by atoms with E-state index < -0.39 is 10.8 Å². The van der Waals surface area contributed by atoms with Crippen molar-refractivity contribution in [3.05, 3.63) is 80.2 Å². The van der Waals surface area contributed by atoms with E-state index >= 15 is 0 Å². The summed E-state index contributed by atoms with van der Waals surface area (Å²) >= 11 is 2.60. The number of rotatable bonds is 7. The van der Waals surface area contributed by atoms with Crippen LogP contribution in [-0.4, -0.2) is 39.8 Å². The number of nitro groups is 1. The molecule has 3 aromatic rings. The van der Waals surface area contributed by atoms with E-state index in [9.17, 15) is 29.8 Å². The van der Waals surface area contributed by atoms with E-state index in [-0.39, 0.29) is 28.8 Å². The van der Waals surface area contributed by atoms with Crippen LogP contribution in [-0.2, 0) is 22.6 Å². The maximum absolute atomic E-state index is 12.6. The number of nitriles is 1. The molecule has 10 nitrogen and oxygen atoms in total. The first kappa shape index (κ1) is 25.9. The van der Waals surface area contributed by atoms with Gasteiger partial charge in [0.1, 0.15) is 11.1 Å². The van der Waals surface area contributed by atoms with E-state index in [4.69, 9.17) is 0 Å². The molecule has 3 amide bonds. The van der Waals surface area contributed by atoms with Gasteiger partial charge >= 0.3 is 0 Å². The largest absolute Gasteiger partial charge is 0.337 e. The van der Waals surface area contributed by atoms with E-state index in [1.165, 1.54) is 54.3 Å². The quantitative estimate of drug-likeness (QED) is 0.259. The zero-order valence-corrected chi connectivity index (χ0v) is 21.3. The standard InChI is InChI=1S/C25H21N5O5S2/c1-15(31)29-10-9-20-21(12-26)25(37-22(20)13-29)28-23(32)14-36-19-4-2-3-17(11-19)27-24(33)16-5-7-18(8-6-16)30(34)35/h2-8,11H,9-10,13-14H2,1H3,(H,27,33)(H,28,32). The maximum Gasteiger partial charge on any atom is 0.269 e. The number of hydrogen-bond acceptors (Lipinski definition) is 8. The highest BCUT2D eigenvalue weighted by molar-refractivity contribution is 8.00. The average molecular weight is 536 g/mol. The van der Waals surface area contributed by atoms with Gasteiger partial charge in [-0.25, -0.2) is 0 Å². The van der Waals surface area contributed by atoms with Crippen molar-refractivity contribution in [2.24, 2.45) is 0 Å². The lowest BCUT2D eigenvalue weighted by molar-refractivity contribution is -0.384. The Labute approximate surface area is 220 Å². The molecule has 0 saturated carbocycles. The molecular weight excluding hydrogens is 514 g/mol. The Balaban J connectivity index is 1.36. The van der Waals surface area contributed by atoms with Gasteiger partial charge in [-0.05, 0) is 42.3 Å². The predicted molar refractivity (Wildman–Crippen MR) is 141 cm³/mol. The Bertz CT molecular complexity index is 1430. The minimum Gasteiger partial charge on any atom is -0.337 e. The van der Waals surface area contributed by atoms with Gasteiger partial charge in [0.15, 0.2) is 0 Å². The predicted octanol–water partition coefficient (Wildman–Crippen LogP) is 4.42. The summed E-state index contributed by atoms with van der Waals surface area (Å²) in [5, 5.41) is 26.5. The first-order valence-corrected chi connectivity index (χ1v) is 12.9. The van der Waals surface area contributed by atoms with Gasteiger partial charge in [-0.15, -0.1) is 23.1 Å². The van der Waals surface area contributed by atoms with Gasteiger partial charge in [0, 0.05) is 46.6 Å². The number of fused-ring (bicyclic) bond motifs is 1. The first-order chi connectivity index (χ1) is 17.7. The number of thioether (sulfide) groups is 1. The lowest BCUT2D eigenvalue weighted by atomic mass is 10.0. The zero-order chi connectivity index (χ0) is 26.5. The van der Waals surface area contributed by atoms with E-state index in [0.29, 0.717) is 35.8 Å². The zero-order valence-electron chi connectivity index (χ0n) is 19.6. The van der Waals surface area contributed by atoms with Gasteiger partial charge in [-0.3, -0.25) is 24.5 Å². The maximum atomic E-state index is 12.6. The van der Waals surface area contributed by atoms with Gasteiger partial charge in [0.2, 0.25) is 11.8 Å². The summed E-state index contributed by atoms with van der Waals surface area (Å²) in [6, 6.07) is 14.5. The molecule has 0 spiro atoms. The second-order valence-electron chi connectivity index (χ2n) is 8.13. The number of anilines is 2. The van der Waals surface area contributed by atoms with Crippen LogP contribution in [0.1, 0.15) is 33.3 Å². The molecule has 1 aromatic heterocycles. The van der Waals surface area contributed by atoms with Crippen LogP contribution in [0, 0.1) is 21.4 Å². The Morgan fingerprint density at radius 3 is 2.62 bits per heavy atom. The first-order valence-electron chi connectivity index (χ1n) is 11.1. The van der Waals surface area contributed by atoms with Crippen molar-refractivity contribution >= 4 is 57.2 Å². The number of benzene rings is 2. The highest BCUT2D eigenvalue weighted by Gasteiger charge is 2.26. The number of thiophene rings is 1. The van der Waals surface area contributed by atoms with Crippen LogP contribution in [0.5, 0.6) is 0 Å². The fraction of sp³-hybridized carbons (Fsp3) is 0.200. The summed E-state index contributed by atoms with van der Waals surface area (Å²) in [5.74, 6) is -0.620. The Morgan fingerprint density at radius 2 is 1.95 bits per heavy atom. The summed E-state index contributed by atoms with van der Waals surface area (Å²) in [6.07, 6.45) is 0.581. The van der Waals surface area contributed by atoms with Gasteiger partial charge < -0.3 is 15.5 Å². The van der Waals surface area contributed by atoms with E-state index in [1.54, 1.807) is 29.2 Å². The van der Waals surface area contributed by atoms with Gasteiger partial charge in [-0.1, -0.05) is 6.07 Å².